The molecule has 0 spiro atoms. The van der Waals surface area contributed by atoms with Crippen molar-refractivity contribution in [2.75, 3.05) is 23.8 Å². The molecule has 0 aliphatic carbocycles. The Hall–Kier alpha value is -2.15. The van der Waals surface area contributed by atoms with Gasteiger partial charge in [0.05, 0.1) is 16.4 Å². The number of benzene rings is 1. The number of amides is 2. The SMILES string of the molecule is CC(C)c1nc(CCNC(=O)Nc2ccc(N(C)C(C)C)c(F)c2)cs1. The number of nitrogens with one attached hydrogen (secondary N) is 2. The second-order valence-electron chi connectivity index (χ2n) is 6.83. The maximum Gasteiger partial charge on any atom is 0.319 e. The van der Waals surface area contributed by atoms with Crippen LogP contribution in [0.4, 0.5) is 20.6 Å². The van der Waals surface area contributed by atoms with E-state index in [2.05, 4.69) is 29.5 Å². The van der Waals surface area contributed by atoms with Gasteiger partial charge in [0.1, 0.15) is 5.82 Å². The van der Waals surface area contributed by atoms with Crippen molar-refractivity contribution in [3.05, 3.63) is 40.1 Å². The molecule has 2 rings (SSSR count). The molecule has 0 unspecified atom stereocenters. The lowest BCUT2D eigenvalue weighted by Crippen LogP contribution is -2.30. The summed E-state index contributed by atoms with van der Waals surface area (Å²) >= 11 is 1.64. The predicted octanol–water partition coefficient (Wildman–Crippen LogP) is 4.61. The first-order chi connectivity index (χ1) is 12.3. The summed E-state index contributed by atoms with van der Waals surface area (Å²) in [4.78, 5) is 18.4. The fourth-order valence-corrected chi connectivity index (χ4v) is 3.20. The zero-order valence-electron chi connectivity index (χ0n) is 16.0. The van der Waals surface area contributed by atoms with Crippen LogP contribution in [0.3, 0.4) is 0 Å². The van der Waals surface area contributed by atoms with E-state index < -0.39 is 0 Å². The summed E-state index contributed by atoms with van der Waals surface area (Å²) in [6.07, 6.45) is 0.670. The van der Waals surface area contributed by atoms with Crippen LogP contribution in [-0.2, 0) is 6.42 Å². The van der Waals surface area contributed by atoms with Crippen molar-refractivity contribution in [2.45, 2.75) is 46.1 Å². The monoisotopic (exact) mass is 378 g/mol. The number of hydrogen-bond acceptors (Lipinski definition) is 4. The van der Waals surface area contributed by atoms with Crippen LogP contribution in [-0.4, -0.2) is 30.6 Å². The Bertz CT molecular complexity index is 745. The zero-order valence-corrected chi connectivity index (χ0v) is 16.8. The van der Waals surface area contributed by atoms with Crippen molar-refractivity contribution in [3.63, 3.8) is 0 Å². The maximum absolute atomic E-state index is 14.2. The molecule has 1 aromatic carbocycles. The zero-order chi connectivity index (χ0) is 19.3. The molecule has 0 atom stereocenters. The molecule has 2 N–H and O–H groups in total. The Morgan fingerprint density at radius 1 is 1.31 bits per heavy atom. The van der Waals surface area contributed by atoms with Crippen molar-refractivity contribution in [1.82, 2.24) is 10.3 Å². The highest BCUT2D eigenvalue weighted by Gasteiger charge is 2.12. The first-order valence-corrected chi connectivity index (χ1v) is 9.67. The number of anilines is 2. The molecule has 0 radical (unpaired) electrons. The van der Waals surface area contributed by atoms with Gasteiger partial charge in [-0.1, -0.05) is 13.8 Å². The fourth-order valence-electron chi connectivity index (χ4n) is 2.33. The van der Waals surface area contributed by atoms with Gasteiger partial charge in [0.15, 0.2) is 0 Å². The molecule has 7 heteroatoms. The largest absolute Gasteiger partial charge is 0.370 e. The minimum absolute atomic E-state index is 0.188. The molecule has 0 saturated carbocycles. The predicted molar refractivity (Wildman–Crippen MR) is 107 cm³/mol. The quantitative estimate of drug-likeness (QED) is 0.739. The minimum atomic E-state index is -0.359. The normalized spacial score (nSPS) is 11.1. The van der Waals surface area contributed by atoms with Crippen LogP contribution in [0.15, 0.2) is 23.6 Å². The summed E-state index contributed by atoms with van der Waals surface area (Å²) in [6, 6.07) is 4.55. The van der Waals surface area contributed by atoms with Gasteiger partial charge in [-0.25, -0.2) is 14.2 Å². The summed E-state index contributed by atoms with van der Waals surface area (Å²) in [5.74, 6) is 0.0558. The van der Waals surface area contributed by atoms with E-state index in [4.69, 9.17) is 0 Å². The van der Waals surface area contributed by atoms with E-state index >= 15 is 0 Å². The van der Waals surface area contributed by atoms with Crippen molar-refractivity contribution in [1.29, 1.82) is 0 Å². The lowest BCUT2D eigenvalue weighted by Gasteiger charge is -2.24. The van der Waals surface area contributed by atoms with E-state index in [1.54, 1.807) is 23.5 Å². The van der Waals surface area contributed by atoms with Crippen LogP contribution in [0, 0.1) is 5.82 Å². The molecule has 2 aromatic rings. The van der Waals surface area contributed by atoms with Gasteiger partial charge >= 0.3 is 6.03 Å². The highest BCUT2D eigenvalue weighted by Crippen LogP contribution is 2.23. The highest BCUT2D eigenvalue weighted by molar-refractivity contribution is 7.09. The molecule has 1 heterocycles. The van der Waals surface area contributed by atoms with E-state index in [9.17, 15) is 9.18 Å². The smallest absolute Gasteiger partial charge is 0.319 e. The fraction of sp³-hybridized carbons (Fsp3) is 0.474. The van der Waals surface area contributed by atoms with Gasteiger partial charge in [-0.2, -0.15) is 0 Å². The Morgan fingerprint density at radius 2 is 2.04 bits per heavy atom. The highest BCUT2D eigenvalue weighted by atomic mass is 32.1. The molecule has 0 saturated heterocycles. The van der Waals surface area contributed by atoms with Gasteiger partial charge in [0.25, 0.3) is 0 Å². The van der Waals surface area contributed by atoms with E-state index in [0.29, 0.717) is 30.3 Å². The Labute approximate surface area is 158 Å². The summed E-state index contributed by atoms with van der Waals surface area (Å²) in [5.41, 5.74) is 1.92. The number of rotatable bonds is 7. The molecular weight excluding hydrogens is 351 g/mol. The Balaban J connectivity index is 1.84. The number of carbonyl (C=O) groups is 1. The number of urea groups is 1. The molecule has 0 aliphatic rings. The molecule has 0 bridgehead atoms. The van der Waals surface area contributed by atoms with Crippen molar-refractivity contribution < 1.29 is 9.18 Å². The summed E-state index contributed by atoms with van der Waals surface area (Å²) < 4.78 is 14.2. The second-order valence-corrected chi connectivity index (χ2v) is 7.72. The number of halogens is 1. The van der Waals surface area contributed by atoms with Crippen LogP contribution >= 0.6 is 11.3 Å². The first-order valence-electron chi connectivity index (χ1n) is 8.79. The molecule has 5 nitrogen and oxygen atoms in total. The third kappa shape index (κ3) is 5.42. The van der Waals surface area contributed by atoms with Gasteiger partial charge in [-0.15, -0.1) is 11.3 Å². The molecular formula is C19H27FN4OS. The third-order valence-corrected chi connectivity index (χ3v) is 5.28. The average molecular weight is 379 g/mol. The van der Waals surface area contributed by atoms with Crippen LogP contribution < -0.4 is 15.5 Å². The van der Waals surface area contributed by atoms with Crippen LogP contribution in [0.25, 0.3) is 0 Å². The molecule has 0 fully saturated rings. The van der Waals surface area contributed by atoms with E-state index in [-0.39, 0.29) is 17.9 Å². The third-order valence-electron chi connectivity index (χ3n) is 4.09. The molecule has 1 aromatic heterocycles. The number of nitrogens with zero attached hydrogens (tertiary/aromatic N) is 2. The Kier molecular flexibility index (Phi) is 6.97. The van der Waals surface area contributed by atoms with Crippen molar-refractivity contribution in [3.8, 4) is 0 Å². The lowest BCUT2D eigenvalue weighted by atomic mass is 10.2. The molecule has 2 amide bonds. The number of hydrogen-bond donors (Lipinski definition) is 2. The van der Waals surface area contributed by atoms with Gasteiger partial charge in [0.2, 0.25) is 0 Å². The van der Waals surface area contributed by atoms with E-state index in [1.165, 1.54) is 6.07 Å². The molecule has 142 valence electrons. The molecule has 26 heavy (non-hydrogen) atoms. The van der Waals surface area contributed by atoms with Gasteiger partial charge in [-0.05, 0) is 32.0 Å². The summed E-state index contributed by atoms with van der Waals surface area (Å²) in [5, 5.41) is 8.56. The van der Waals surface area contributed by atoms with Crippen LogP contribution in [0.1, 0.15) is 44.3 Å². The number of aromatic nitrogens is 1. The lowest BCUT2D eigenvalue weighted by molar-refractivity contribution is 0.252. The molecule has 0 aliphatic heterocycles. The van der Waals surface area contributed by atoms with Gasteiger partial charge < -0.3 is 15.5 Å². The topological polar surface area (TPSA) is 57.3 Å². The van der Waals surface area contributed by atoms with Crippen LogP contribution in [0.2, 0.25) is 0 Å². The number of thiazole rings is 1. The summed E-state index contributed by atoms with van der Waals surface area (Å²) in [7, 11) is 1.84. The van der Waals surface area contributed by atoms with Gasteiger partial charge in [0, 0.05) is 43.0 Å². The average Bonchev–Trinajstić information content (AvgIpc) is 3.03. The van der Waals surface area contributed by atoms with E-state index in [1.807, 2.05) is 31.2 Å². The summed E-state index contributed by atoms with van der Waals surface area (Å²) in [6.45, 7) is 8.68. The standard InChI is InChI=1S/C19H27FN4OS/c1-12(2)18-22-15(11-26-18)8-9-21-19(25)23-14-6-7-17(16(20)10-14)24(5)13(3)4/h6-7,10-13H,8-9H2,1-5H3,(H2,21,23,25). The van der Waals surface area contributed by atoms with E-state index in [0.717, 1.165) is 10.7 Å². The number of carbonyl (C=O) groups excluding carboxylic acids is 1. The van der Waals surface area contributed by atoms with Crippen LogP contribution in [0.5, 0.6) is 0 Å². The van der Waals surface area contributed by atoms with Crippen molar-refractivity contribution >= 4 is 28.7 Å². The maximum atomic E-state index is 14.2. The first kappa shape index (κ1) is 20.2. The van der Waals surface area contributed by atoms with Crippen molar-refractivity contribution in [2.24, 2.45) is 0 Å². The minimum Gasteiger partial charge on any atom is -0.370 e. The second kappa shape index (κ2) is 8.98. The Morgan fingerprint density at radius 3 is 2.62 bits per heavy atom. The van der Waals surface area contributed by atoms with Gasteiger partial charge in [-0.3, -0.25) is 0 Å².